The molecule has 0 spiro atoms. The van der Waals surface area contributed by atoms with Gasteiger partial charge in [0.05, 0.1) is 12.8 Å². The Kier molecular flexibility index (Phi) is 4.66. The zero-order valence-electron chi connectivity index (χ0n) is 12.1. The predicted octanol–water partition coefficient (Wildman–Crippen LogP) is 2.32. The van der Waals surface area contributed by atoms with Crippen molar-refractivity contribution in [3.05, 3.63) is 48.5 Å². The van der Waals surface area contributed by atoms with Crippen LogP contribution in [0.25, 0.3) is 0 Å². The largest absolute Gasteiger partial charge is 0.497 e. The summed E-state index contributed by atoms with van der Waals surface area (Å²) >= 11 is 0. The first-order valence-corrected chi connectivity index (χ1v) is 6.49. The van der Waals surface area contributed by atoms with Gasteiger partial charge in [0.1, 0.15) is 11.5 Å². The van der Waals surface area contributed by atoms with E-state index in [9.17, 15) is 4.79 Å². The zero-order valence-corrected chi connectivity index (χ0v) is 12.1. The van der Waals surface area contributed by atoms with Crippen molar-refractivity contribution in [2.24, 2.45) is 0 Å². The summed E-state index contributed by atoms with van der Waals surface area (Å²) in [5.74, 6) is 1.02. The Balaban J connectivity index is 2.01. The van der Waals surface area contributed by atoms with Gasteiger partial charge >= 0.3 is 0 Å². The summed E-state index contributed by atoms with van der Waals surface area (Å²) in [5.41, 5.74) is 7.01. The topological polar surface area (TPSA) is 64.8 Å². The van der Waals surface area contributed by atoms with Crippen molar-refractivity contribution < 1.29 is 14.3 Å². The molecule has 0 radical (unpaired) electrons. The quantitative estimate of drug-likeness (QED) is 0.857. The number of nitrogens with zero attached hydrogens (tertiary/aromatic N) is 1. The number of carbonyl (C=O) groups excluding carboxylic acids is 1. The highest BCUT2D eigenvalue weighted by molar-refractivity contribution is 5.94. The van der Waals surface area contributed by atoms with Crippen LogP contribution in [0.15, 0.2) is 48.5 Å². The normalized spacial score (nSPS) is 10.0. The van der Waals surface area contributed by atoms with E-state index < -0.39 is 0 Å². The molecule has 110 valence electrons. The molecule has 0 aromatic heterocycles. The highest BCUT2D eigenvalue weighted by Gasteiger charge is 2.13. The molecule has 5 heteroatoms. The minimum absolute atomic E-state index is 0.0814. The van der Waals surface area contributed by atoms with Crippen molar-refractivity contribution in [1.29, 1.82) is 0 Å². The number of nitrogens with two attached hydrogens (primary N) is 1. The first-order chi connectivity index (χ1) is 10.1. The lowest BCUT2D eigenvalue weighted by Gasteiger charge is -2.18. The number of para-hydroxylation sites is 2. The number of likely N-dealkylation sites (N-methyl/N-ethyl adjacent to an activating group) is 1. The molecule has 0 fully saturated rings. The molecule has 5 nitrogen and oxygen atoms in total. The Labute approximate surface area is 123 Å². The molecule has 0 unspecified atom stereocenters. The fourth-order valence-electron chi connectivity index (χ4n) is 1.81. The van der Waals surface area contributed by atoms with Crippen LogP contribution < -0.4 is 20.1 Å². The number of methoxy groups -OCH3 is 1. The second kappa shape index (κ2) is 6.65. The Morgan fingerprint density at radius 2 is 1.95 bits per heavy atom. The Bertz CT molecular complexity index is 628. The van der Waals surface area contributed by atoms with Gasteiger partial charge in [-0.3, -0.25) is 4.79 Å². The summed E-state index contributed by atoms with van der Waals surface area (Å²) in [7, 11) is 3.27. The van der Waals surface area contributed by atoms with Crippen molar-refractivity contribution in [3.8, 4) is 11.5 Å². The number of benzene rings is 2. The molecule has 2 N–H and O–H groups in total. The summed E-state index contributed by atoms with van der Waals surface area (Å²) in [5, 5.41) is 0. The van der Waals surface area contributed by atoms with Gasteiger partial charge < -0.3 is 20.1 Å². The monoisotopic (exact) mass is 286 g/mol. The van der Waals surface area contributed by atoms with Crippen LogP contribution in [0.3, 0.4) is 0 Å². The number of nitrogen functional groups attached to an aromatic ring is 1. The van der Waals surface area contributed by atoms with Crippen molar-refractivity contribution in [1.82, 2.24) is 0 Å². The highest BCUT2D eigenvalue weighted by atomic mass is 16.5. The molecular weight excluding hydrogens is 268 g/mol. The molecule has 0 bridgehead atoms. The van der Waals surface area contributed by atoms with Crippen LogP contribution in [-0.2, 0) is 4.79 Å². The van der Waals surface area contributed by atoms with Gasteiger partial charge in [-0.05, 0) is 24.3 Å². The lowest BCUT2D eigenvalue weighted by atomic mass is 10.2. The molecule has 0 aliphatic rings. The van der Waals surface area contributed by atoms with Gasteiger partial charge in [0, 0.05) is 18.8 Å². The van der Waals surface area contributed by atoms with Gasteiger partial charge in [-0.2, -0.15) is 0 Å². The molecule has 2 aromatic carbocycles. The number of anilines is 2. The van der Waals surface area contributed by atoms with E-state index in [4.69, 9.17) is 15.2 Å². The van der Waals surface area contributed by atoms with Gasteiger partial charge in [0.2, 0.25) is 0 Å². The predicted molar refractivity (Wildman–Crippen MR) is 82.8 cm³/mol. The maximum atomic E-state index is 12.1. The van der Waals surface area contributed by atoms with Crippen molar-refractivity contribution in [2.45, 2.75) is 0 Å². The highest BCUT2D eigenvalue weighted by Crippen LogP contribution is 2.22. The van der Waals surface area contributed by atoms with Crippen LogP contribution >= 0.6 is 0 Å². The van der Waals surface area contributed by atoms with E-state index in [1.54, 1.807) is 32.4 Å². The van der Waals surface area contributed by atoms with Crippen molar-refractivity contribution in [3.63, 3.8) is 0 Å². The molecule has 21 heavy (non-hydrogen) atoms. The summed E-state index contributed by atoms with van der Waals surface area (Å²) in [6.07, 6.45) is 0. The summed E-state index contributed by atoms with van der Waals surface area (Å²) in [4.78, 5) is 13.7. The van der Waals surface area contributed by atoms with Crippen LogP contribution in [0.2, 0.25) is 0 Å². The minimum Gasteiger partial charge on any atom is -0.497 e. The number of carbonyl (C=O) groups is 1. The molecule has 2 aromatic rings. The average Bonchev–Trinajstić information content (AvgIpc) is 2.53. The van der Waals surface area contributed by atoms with E-state index in [1.807, 2.05) is 30.3 Å². The smallest absolute Gasteiger partial charge is 0.264 e. The van der Waals surface area contributed by atoms with Crippen LogP contribution in [0.5, 0.6) is 11.5 Å². The van der Waals surface area contributed by atoms with Gasteiger partial charge in [-0.1, -0.05) is 18.2 Å². The molecule has 1 amide bonds. The molecule has 0 atom stereocenters. The second-order valence-corrected chi connectivity index (χ2v) is 4.48. The van der Waals surface area contributed by atoms with E-state index in [1.165, 1.54) is 4.90 Å². The molecule has 0 saturated heterocycles. The van der Waals surface area contributed by atoms with Gasteiger partial charge in [0.25, 0.3) is 5.91 Å². The van der Waals surface area contributed by atoms with Gasteiger partial charge in [-0.15, -0.1) is 0 Å². The third-order valence-electron chi connectivity index (χ3n) is 3.08. The van der Waals surface area contributed by atoms with Crippen LogP contribution in [-0.4, -0.2) is 26.7 Å². The van der Waals surface area contributed by atoms with Gasteiger partial charge in [0.15, 0.2) is 6.61 Å². The molecule has 0 heterocycles. The Morgan fingerprint density at radius 1 is 1.19 bits per heavy atom. The maximum Gasteiger partial charge on any atom is 0.264 e. The lowest BCUT2D eigenvalue weighted by Crippen LogP contribution is -2.31. The van der Waals surface area contributed by atoms with E-state index in [-0.39, 0.29) is 12.5 Å². The lowest BCUT2D eigenvalue weighted by molar-refractivity contribution is -0.120. The van der Waals surface area contributed by atoms with Crippen molar-refractivity contribution >= 4 is 17.3 Å². The zero-order chi connectivity index (χ0) is 15.2. The summed E-state index contributed by atoms with van der Waals surface area (Å²) < 4.78 is 10.6. The van der Waals surface area contributed by atoms with Crippen LogP contribution in [0.1, 0.15) is 0 Å². The summed E-state index contributed by atoms with van der Waals surface area (Å²) in [6, 6.07) is 14.3. The SMILES string of the molecule is COc1cccc(N(C)C(=O)COc2ccccc2N)c1. The van der Waals surface area contributed by atoms with E-state index in [2.05, 4.69) is 0 Å². The third kappa shape index (κ3) is 3.66. The average molecular weight is 286 g/mol. The van der Waals surface area contributed by atoms with E-state index in [0.717, 1.165) is 5.69 Å². The molecule has 0 aliphatic heterocycles. The minimum atomic E-state index is -0.175. The van der Waals surface area contributed by atoms with E-state index >= 15 is 0 Å². The van der Waals surface area contributed by atoms with Gasteiger partial charge in [-0.25, -0.2) is 0 Å². The Hall–Kier alpha value is -2.69. The number of hydrogen-bond acceptors (Lipinski definition) is 4. The van der Waals surface area contributed by atoms with Crippen LogP contribution in [0.4, 0.5) is 11.4 Å². The Morgan fingerprint density at radius 3 is 2.67 bits per heavy atom. The molecule has 2 rings (SSSR count). The fourth-order valence-corrected chi connectivity index (χ4v) is 1.81. The number of rotatable bonds is 5. The van der Waals surface area contributed by atoms with E-state index in [0.29, 0.717) is 17.2 Å². The second-order valence-electron chi connectivity index (χ2n) is 4.48. The maximum absolute atomic E-state index is 12.1. The number of hydrogen-bond donors (Lipinski definition) is 1. The number of amides is 1. The number of ether oxygens (including phenoxy) is 2. The fraction of sp³-hybridized carbons (Fsp3) is 0.188. The molecule has 0 aliphatic carbocycles. The van der Waals surface area contributed by atoms with Crippen LogP contribution in [0, 0.1) is 0 Å². The standard InChI is InChI=1S/C16H18N2O3/c1-18(12-6-5-7-13(10-12)20-2)16(19)11-21-15-9-4-3-8-14(15)17/h3-10H,11,17H2,1-2H3. The molecular formula is C16H18N2O3. The first kappa shape index (κ1) is 14.7. The summed E-state index contributed by atoms with van der Waals surface area (Å²) in [6.45, 7) is -0.0814. The first-order valence-electron chi connectivity index (χ1n) is 6.49. The van der Waals surface area contributed by atoms with Crippen molar-refractivity contribution in [2.75, 3.05) is 31.4 Å². The molecule has 0 saturated carbocycles. The third-order valence-corrected chi connectivity index (χ3v) is 3.08.